The van der Waals surface area contributed by atoms with Crippen LogP contribution in [0, 0.1) is 0 Å². The molecule has 0 aromatic rings. The van der Waals surface area contributed by atoms with Crippen molar-refractivity contribution in [1.29, 1.82) is 0 Å². The molecule has 0 spiro atoms. The van der Waals surface area contributed by atoms with E-state index in [2.05, 4.69) is 12.2 Å². The number of unbranched alkanes of at least 4 members (excludes halogenated alkanes) is 2. The molecule has 0 aliphatic heterocycles. The summed E-state index contributed by atoms with van der Waals surface area (Å²) in [6.07, 6.45) is 7.50. The number of allylic oxidation sites excluding steroid dienone is 2. The van der Waals surface area contributed by atoms with E-state index in [1.807, 2.05) is 6.92 Å². The number of halogens is 2. The molecule has 1 unspecified atom stereocenters. The van der Waals surface area contributed by atoms with Gasteiger partial charge < -0.3 is 10.1 Å². The molecule has 1 rings (SSSR count). The third-order valence-corrected chi connectivity index (χ3v) is 3.21. The average molecular weight is 273 g/mol. The lowest BCUT2D eigenvalue weighted by molar-refractivity contribution is 0.121. The third kappa shape index (κ3) is 6.83. The summed E-state index contributed by atoms with van der Waals surface area (Å²) in [5, 5.41) is 3.26. The van der Waals surface area contributed by atoms with Gasteiger partial charge in [0.1, 0.15) is 0 Å². The molecule has 0 saturated carbocycles. The standard InChI is InChI=1S/C15H25F2NO/c1-3-4-5-9-19-10-8-12(2)18-13-6-7-14(16)15(17)11-13/h7,11-13,18H,3-6,8-10H2,1-2H3/t12-,13?/m1/s1. The van der Waals surface area contributed by atoms with Crippen LogP contribution in [-0.2, 0) is 4.74 Å². The Balaban J connectivity index is 2.10. The average Bonchev–Trinajstić information content (AvgIpc) is 2.38. The molecule has 19 heavy (non-hydrogen) atoms. The van der Waals surface area contributed by atoms with Gasteiger partial charge in [-0.05, 0) is 38.3 Å². The number of ether oxygens (including phenoxy) is 1. The minimum atomic E-state index is -0.758. The highest BCUT2D eigenvalue weighted by Gasteiger charge is 2.16. The Kier molecular flexibility index (Phi) is 7.91. The SMILES string of the molecule is CCCCCOCC[C@@H](C)NC1C=C(F)C(F)=CC1. The molecule has 2 nitrogen and oxygen atoms in total. The summed E-state index contributed by atoms with van der Waals surface area (Å²) in [6.45, 7) is 5.73. The highest BCUT2D eigenvalue weighted by atomic mass is 19.2. The van der Waals surface area contributed by atoms with E-state index in [9.17, 15) is 8.78 Å². The van der Waals surface area contributed by atoms with E-state index >= 15 is 0 Å². The lowest BCUT2D eigenvalue weighted by atomic mass is 10.1. The number of hydrogen-bond acceptors (Lipinski definition) is 2. The molecule has 2 atom stereocenters. The maximum absolute atomic E-state index is 13.1. The highest BCUT2D eigenvalue weighted by molar-refractivity contribution is 5.25. The first kappa shape index (κ1) is 16.3. The molecule has 4 heteroatoms. The zero-order valence-corrected chi connectivity index (χ0v) is 11.9. The van der Waals surface area contributed by atoms with Gasteiger partial charge in [-0.3, -0.25) is 0 Å². The van der Waals surface area contributed by atoms with E-state index < -0.39 is 11.7 Å². The van der Waals surface area contributed by atoms with Crippen LogP contribution in [0.25, 0.3) is 0 Å². The fourth-order valence-electron chi connectivity index (χ4n) is 2.03. The fraction of sp³-hybridized carbons (Fsp3) is 0.733. The summed E-state index contributed by atoms with van der Waals surface area (Å²) >= 11 is 0. The quantitative estimate of drug-likeness (QED) is 0.640. The lowest BCUT2D eigenvalue weighted by Crippen LogP contribution is -2.36. The molecule has 0 saturated heterocycles. The van der Waals surface area contributed by atoms with E-state index in [-0.39, 0.29) is 12.1 Å². The van der Waals surface area contributed by atoms with Crippen LogP contribution in [0.5, 0.6) is 0 Å². The molecule has 0 amide bonds. The van der Waals surface area contributed by atoms with Gasteiger partial charge in [-0.2, -0.15) is 0 Å². The van der Waals surface area contributed by atoms with E-state index in [1.54, 1.807) is 0 Å². The maximum Gasteiger partial charge on any atom is 0.156 e. The predicted molar refractivity (Wildman–Crippen MR) is 74.3 cm³/mol. The minimum absolute atomic E-state index is 0.116. The molecule has 1 aliphatic carbocycles. The number of nitrogens with one attached hydrogen (secondary N) is 1. The molecule has 0 aromatic heterocycles. The highest BCUT2D eigenvalue weighted by Crippen LogP contribution is 2.21. The van der Waals surface area contributed by atoms with Gasteiger partial charge in [0.25, 0.3) is 0 Å². The van der Waals surface area contributed by atoms with Crippen LogP contribution in [-0.4, -0.2) is 25.3 Å². The summed E-state index contributed by atoms with van der Waals surface area (Å²) in [5.41, 5.74) is 0. The summed E-state index contributed by atoms with van der Waals surface area (Å²) in [7, 11) is 0. The largest absolute Gasteiger partial charge is 0.381 e. The van der Waals surface area contributed by atoms with Crippen LogP contribution in [0.2, 0.25) is 0 Å². The van der Waals surface area contributed by atoms with Gasteiger partial charge >= 0.3 is 0 Å². The van der Waals surface area contributed by atoms with Crippen molar-refractivity contribution in [3.05, 3.63) is 23.8 Å². The molecule has 0 aromatic carbocycles. The van der Waals surface area contributed by atoms with E-state index in [0.29, 0.717) is 13.0 Å². The van der Waals surface area contributed by atoms with Gasteiger partial charge in [-0.15, -0.1) is 0 Å². The molecule has 0 heterocycles. The van der Waals surface area contributed by atoms with Crippen LogP contribution >= 0.6 is 0 Å². The van der Waals surface area contributed by atoms with Crippen molar-refractivity contribution in [2.24, 2.45) is 0 Å². The Morgan fingerprint density at radius 3 is 2.79 bits per heavy atom. The second kappa shape index (κ2) is 9.21. The maximum atomic E-state index is 13.1. The van der Waals surface area contributed by atoms with Gasteiger partial charge in [0.2, 0.25) is 0 Å². The molecule has 0 bridgehead atoms. The van der Waals surface area contributed by atoms with Gasteiger partial charge in [0.15, 0.2) is 11.7 Å². The zero-order chi connectivity index (χ0) is 14.1. The Bertz CT molecular complexity index is 315. The molecule has 0 fully saturated rings. The van der Waals surface area contributed by atoms with Gasteiger partial charge in [0, 0.05) is 25.3 Å². The molecular formula is C15H25F2NO. The van der Waals surface area contributed by atoms with Crippen LogP contribution < -0.4 is 5.32 Å². The first-order valence-electron chi connectivity index (χ1n) is 7.20. The normalized spacial score (nSPS) is 20.9. The number of rotatable bonds is 9. The zero-order valence-electron chi connectivity index (χ0n) is 11.9. The Hall–Kier alpha value is -0.740. The van der Waals surface area contributed by atoms with Crippen molar-refractivity contribution >= 4 is 0 Å². The van der Waals surface area contributed by atoms with Crippen molar-refractivity contribution in [2.45, 2.75) is 58.0 Å². The molecule has 0 radical (unpaired) electrons. The second-order valence-electron chi connectivity index (χ2n) is 5.08. The lowest BCUT2D eigenvalue weighted by Gasteiger charge is -2.21. The Morgan fingerprint density at radius 2 is 2.11 bits per heavy atom. The van der Waals surface area contributed by atoms with Crippen molar-refractivity contribution in [2.75, 3.05) is 13.2 Å². The summed E-state index contributed by atoms with van der Waals surface area (Å²) in [4.78, 5) is 0. The van der Waals surface area contributed by atoms with Crippen LogP contribution in [0.1, 0.15) is 46.0 Å². The fourth-order valence-corrected chi connectivity index (χ4v) is 2.03. The Labute approximate surface area is 114 Å². The third-order valence-electron chi connectivity index (χ3n) is 3.21. The number of hydrogen-bond donors (Lipinski definition) is 1. The predicted octanol–water partition coefficient (Wildman–Crippen LogP) is 4.04. The smallest absolute Gasteiger partial charge is 0.156 e. The summed E-state index contributed by atoms with van der Waals surface area (Å²) in [5.74, 6) is -1.50. The van der Waals surface area contributed by atoms with E-state index in [4.69, 9.17) is 4.74 Å². The van der Waals surface area contributed by atoms with Crippen LogP contribution in [0.3, 0.4) is 0 Å². The van der Waals surface area contributed by atoms with Gasteiger partial charge in [0.05, 0.1) is 0 Å². The second-order valence-corrected chi connectivity index (χ2v) is 5.08. The Morgan fingerprint density at radius 1 is 1.32 bits per heavy atom. The van der Waals surface area contributed by atoms with Crippen molar-refractivity contribution in [3.63, 3.8) is 0 Å². The van der Waals surface area contributed by atoms with Crippen molar-refractivity contribution < 1.29 is 13.5 Å². The first-order valence-corrected chi connectivity index (χ1v) is 7.20. The molecular weight excluding hydrogens is 248 g/mol. The van der Waals surface area contributed by atoms with Crippen molar-refractivity contribution in [3.8, 4) is 0 Å². The summed E-state index contributed by atoms with van der Waals surface area (Å²) in [6, 6.07) is 0.115. The monoisotopic (exact) mass is 273 g/mol. The summed E-state index contributed by atoms with van der Waals surface area (Å²) < 4.78 is 31.4. The molecule has 1 N–H and O–H groups in total. The van der Waals surface area contributed by atoms with Gasteiger partial charge in [-0.25, -0.2) is 8.78 Å². The van der Waals surface area contributed by atoms with Crippen LogP contribution in [0.15, 0.2) is 23.8 Å². The van der Waals surface area contributed by atoms with Gasteiger partial charge in [-0.1, -0.05) is 19.8 Å². The van der Waals surface area contributed by atoms with E-state index in [1.165, 1.54) is 25.0 Å². The minimum Gasteiger partial charge on any atom is -0.381 e. The molecule has 1 aliphatic rings. The topological polar surface area (TPSA) is 21.3 Å². The van der Waals surface area contributed by atoms with E-state index in [0.717, 1.165) is 19.4 Å². The van der Waals surface area contributed by atoms with Crippen molar-refractivity contribution in [1.82, 2.24) is 5.32 Å². The first-order chi connectivity index (χ1) is 9.13. The van der Waals surface area contributed by atoms with Crippen LogP contribution in [0.4, 0.5) is 8.78 Å². The molecule has 110 valence electrons.